The first-order valence-corrected chi connectivity index (χ1v) is 9.32. The van der Waals surface area contributed by atoms with Gasteiger partial charge >= 0.3 is 0 Å². The summed E-state index contributed by atoms with van der Waals surface area (Å²) in [5.41, 5.74) is 4.36. The average Bonchev–Trinajstić information content (AvgIpc) is 3.16. The van der Waals surface area contributed by atoms with Gasteiger partial charge in [-0.2, -0.15) is 9.83 Å². The normalized spacial score (nSPS) is 10.6. The Morgan fingerprint density at radius 3 is 2.31 bits per heavy atom. The second-order valence-electron chi connectivity index (χ2n) is 6.68. The zero-order valence-electron chi connectivity index (χ0n) is 15.7. The summed E-state index contributed by atoms with van der Waals surface area (Å²) in [4.78, 5) is 12.4. The average molecular weight is 384 g/mol. The molecule has 0 saturated carbocycles. The van der Waals surface area contributed by atoms with Crippen LogP contribution in [0.15, 0.2) is 91.4 Å². The van der Waals surface area contributed by atoms with Gasteiger partial charge in [0.1, 0.15) is 0 Å². The molecule has 0 radical (unpaired) electrons. The molecule has 29 heavy (non-hydrogen) atoms. The smallest absolute Gasteiger partial charge is 0.252 e. The number of amides is 1. The van der Waals surface area contributed by atoms with E-state index in [1.165, 1.54) is 24.5 Å². The molecule has 144 valence electrons. The van der Waals surface area contributed by atoms with Crippen LogP contribution in [0.2, 0.25) is 0 Å². The van der Waals surface area contributed by atoms with Crippen LogP contribution in [-0.4, -0.2) is 15.7 Å². The molecule has 0 aliphatic rings. The molecule has 0 unspecified atom stereocenters. The molecule has 1 amide bonds. The fourth-order valence-electron chi connectivity index (χ4n) is 3.12. The first-order chi connectivity index (χ1) is 14.2. The van der Waals surface area contributed by atoms with Gasteiger partial charge in [0.15, 0.2) is 12.4 Å². The fourth-order valence-corrected chi connectivity index (χ4v) is 3.12. The summed E-state index contributed by atoms with van der Waals surface area (Å²) in [6.45, 7) is 0.987. The Kier molecular flexibility index (Phi) is 5.33. The third-order valence-corrected chi connectivity index (χ3v) is 4.58. The number of nitrogens with zero attached hydrogens (tertiary/aromatic N) is 3. The van der Waals surface area contributed by atoms with Crippen LogP contribution in [0.5, 0.6) is 0 Å². The highest BCUT2D eigenvalue weighted by Crippen LogP contribution is 2.22. The molecule has 0 aliphatic carbocycles. The van der Waals surface area contributed by atoms with Crippen molar-refractivity contribution in [1.29, 1.82) is 0 Å². The molecule has 0 atom stereocenters. The molecular weight excluding hydrogens is 364 g/mol. The fraction of sp³-hybridized carbons (Fsp3) is 0.0870. The molecule has 1 N–H and O–H groups in total. The summed E-state index contributed by atoms with van der Waals surface area (Å²) in [7, 11) is 0. The standard InChI is InChI=1S/C23H20N4O2/c28-23(20-11-13-27(29)14-12-20)24-15-21-17-26(16-18-7-3-1-4-8-18)25-22(21)19-9-5-2-6-10-19/h1-14,17H,15-16H2,(H,24,28). The molecule has 4 rings (SSSR count). The van der Waals surface area contributed by atoms with Gasteiger partial charge in [-0.05, 0) is 5.56 Å². The van der Waals surface area contributed by atoms with Crippen LogP contribution in [0.25, 0.3) is 11.3 Å². The zero-order valence-corrected chi connectivity index (χ0v) is 15.7. The number of rotatable bonds is 6. The lowest BCUT2D eigenvalue weighted by molar-refractivity contribution is -0.605. The van der Waals surface area contributed by atoms with Gasteiger partial charge in [0.05, 0.1) is 17.8 Å². The number of carbonyl (C=O) groups is 1. The maximum atomic E-state index is 12.4. The van der Waals surface area contributed by atoms with Crippen LogP contribution in [0.4, 0.5) is 0 Å². The SMILES string of the molecule is O=C(NCc1cn(Cc2ccccc2)nc1-c1ccccc1)c1cc[n+]([O-])cc1. The van der Waals surface area contributed by atoms with Crippen LogP contribution in [0.1, 0.15) is 21.5 Å². The Balaban J connectivity index is 1.57. The lowest BCUT2D eigenvalue weighted by atomic mass is 10.1. The van der Waals surface area contributed by atoms with Crippen molar-refractivity contribution < 1.29 is 9.52 Å². The third-order valence-electron chi connectivity index (χ3n) is 4.58. The van der Waals surface area contributed by atoms with Crippen LogP contribution in [0.3, 0.4) is 0 Å². The molecule has 2 aromatic carbocycles. The molecule has 0 spiro atoms. The van der Waals surface area contributed by atoms with Gasteiger partial charge in [0.2, 0.25) is 0 Å². The van der Waals surface area contributed by atoms with Crippen LogP contribution in [-0.2, 0) is 13.1 Å². The quantitative estimate of drug-likeness (QED) is 0.410. The van der Waals surface area contributed by atoms with Crippen molar-refractivity contribution in [2.45, 2.75) is 13.1 Å². The maximum absolute atomic E-state index is 12.4. The largest absolute Gasteiger partial charge is 0.619 e. The Morgan fingerprint density at radius 1 is 0.966 bits per heavy atom. The van der Waals surface area contributed by atoms with E-state index in [0.717, 1.165) is 22.4 Å². The molecule has 2 heterocycles. The summed E-state index contributed by atoms with van der Waals surface area (Å²) < 4.78 is 2.54. The van der Waals surface area contributed by atoms with Crippen molar-refractivity contribution in [1.82, 2.24) is 15.1 Å². The van der Waals surface area contributed by atoms with E-state index in [0.29, 0.717) is 23.4 Å². The molecule has 0 fully saturated rings. The van der Waals surface area contributed by atoms with Crippen molar-refractivity contribution >= 4 is 5.91 Å². The molecule has 0 saturated heterocycles. The van der Waals surface area contributed by atoms with E-state index in [1.54, 1.807) is 0 Å². The monoisotopic (exact) mass is 384 g/mol. The number of carbonyl (C=O) groups excluding carboxylic acids is 1. The molecule has 6 heteroatoms. The summed E-state index contributed by atoms with van der Waals surface area (Å²) >= 11 is 0. The van der Waals surface area contributed by atoms with E-state index in [4.69, 9.17) is 5.10 Å². The lowest BCUT2D eigenvalue weighted by Crippen LogP contribution is -2.27. The minimum absolute atomic E-state index is 0.236. The summed E-state index contributed by atoms with van der Waals surface area (Å²) in [5.74, 6) is -0.236. The summed E-state index contributed by atoms with van der Waals surface area (Å²) in [6, 6.07) is 23.0. The number of nitrogens with one attached hydrogen (secondary N) is 1. The van der Waals surface area contributed by atoms with Crippen molar-refractivity contribution in [2.75, 3.05) is 0 Å². The minimum Gasteiger partial charge on any atom is -0.619 e. The van der Waals surface area contributed by atoms with Gasteiger partial charge in [-0.15, -0.1) is 0 Å². The van der Waals surface area contributed by atoms with Crippen molar-refractivity contribution in [3.63, 3.8) is 0 Å². The molecular formula is C23H20N4O2. The Morgan fingerprint density at radius 2 is 1.62 bits per heavy atom. The van der Waals surface area contributed by atoms with Crippen LogP contribution >= 0.6 is 0 Å². The van der Waals surface area contributed by atoms with Gasteiger partial charge in [0, 0.05) is 36.0 Å². The second kappa shape index (κ2) is 8.39. The van der Waals surface area contributed by atoms with Crippen molar-refractivity contribution in [2.24, 2.45) is 0 Å². The van der Waals surface area contributed by atoms with E-state index < -0.39 is 0 Å². The van der Waals surface area contributed by atoms with Gasteiger partial charge in [0.25, 0.3) is 5.91 Å². The zero-order chi connectivity index (χ0) is 20.1. The predicted molar refractivity (Wildman–Crippen MR) is 110 cm³/mol. The molecule has 4 aromatic rings. The van der Waals surface area contributed by atoms with Gasteiger partial charge in [-0.3, -0.25) is 9.48 Å². The van der Waals surface area contributed by atoms with E-state index in [-0.39, 0.29) is 5.91 Å². The number of hydrogen-bond acceptors (Lipinski definition) is 3. The first kappa shape index (κ1) is 18.4. The Labute approximate surface area is 168 Å². The number of aromatic nitrogens is 3. The van der Waals surface area contributed by atoms with E-state index >= 15 is 0 Å². The van der Waals surface area contributed by atoms with Crippen LogP contribution < -0.4 is 10.0 Å². The van der Waals surface area contributed by atoms with E-state index in [2.05, 4.69) is 17.4 Å². The Hall–Kier alpha value is -3.93. The first-order valence-electron chi connectivity index (χ1n) is 9.32. The highest BCUT2D eigenvalue weighted by molar-refractivity contribution is 5.93. The highest BCUT2D eigenvalue weighted by Gasteiger charge is 2.14. The number of pyridine rings is 1. The summed E-state index contributed by atoms with van der Waals surface area (Å²) in [6.07, 6.45) is 4.58. The van der Waals surface area contributed by atoms with Gasteiger partial charge < -0.3 is 10.5 Å². The van der Waals surface area contributed by atoms with Gasteiger partial charge in [-0.1, -0.05) is 60.7 Å². The van der Waals surface area contributed by atoms with Crippen LogP contribution in [0, 0.1) is 5.21 Å². The number of hydrogen-bond donors (Lipinski definition) is 1. The number of benzene rings is 2. The summed E-state index contributed by atoms with van der Waals surface area (Å²) in [5, 5.41) is 18.8. The lowest BCUT2D eigenvalue weighted by Gasteiger charge is -2.05. The molecule has 2 aromatic heterocycles. The molecule has 6 nitrogen and oxygen atoms in total. The Bertz CT molecular complexity index is 1090. The third kappa shape index (κ3) is 4.50. The highest BCUT2D eigenvalue weighted by atomic mass is 16.5. The predicted octanol–water partition coefficient (Wildman–Crippen LogP) is 3.16. The topological polar surface area (TPSA) is 73.9 Å². The van der Waals surface area contributed by atoms with Crippen molar-refractivity contribution in [3.8, 4) is 11.3 Å². The molecule has 0 aliphatic heterocycles. The van der Waals surface area contributed by atoms with Gasteiger partial charge in [-0.25, -0.2) is 0 Å². The van der Waals surface area contributed by atoms with E-state index in [1.807, 2.05) is 59.4 Å². The maximum Gasteiger partial charge on any atom is 0.252 e. The molecule has 0 bridgehead atoms. The van der Waals surface area contributed by atoms with E-state index in [9.17, 15) is 10.0 Å². The van der Waals surface area contributed by atoms with Crippen molar-refractivity contribution in [3.05, 3.63) is 113 Å². The second-order valence-corrected chi connectivity index (χ2v) is 6.68. The minimum atomic E-state index is -0.236.